The van der Waals surface area contributed by atoms with Gasteiger partial charge in [0.15, 0.2) is 12.1 Å². The van der Waals surface area contributed by atoms with Crippen LogP contribution in [0.4, 0.5) is 11.4 Å². The molecule has 2 atom stereocenters. The summed E-state index contributed by atoms with van der Waals surface area (Å²) in [4.78, 5) is 56.8. The molecule has 2 N–H and O–H groups in total. The Morgan fingerprint density at radius 2 is 1.03 bits per heavy atom. The Bertz CT molecular complexity index is 1180. The second kappa shape index (κ2) is 9.59. The van der Waals surface area contributed by atoms with Gasteiger partial charge in [-0.15, -0.1) is 0 Å². The number of benzene rings is 2. The third-order valence-corrected chi connectivity index (χ3v) is 8.11. The van der Waals surface area contributed by atoms with E-state index in [-0.39, 0.29) is 36.5 Å². The highest BCUT2D eigenvalue weighted by Crippen LogP contribution is 2.30. The predicted octanol–water partition coefficient (Wildman–Crippen LogP) is 0.358. The van der Waals surface area contributed by atoms with Crippen LogP contribution in [0.25, 0.3) is 0 Å². The van der Waals surface area contributed by atoms with Crippen molar-refractivity contribution in [3.05, 3.63) is 57.6 Å². The molecule has 3 fully saturated rings. The van der Waals surface area contributed by atoms with Gasteiger partial charge in [-0.3, -0.25) is 19.2 Å². The summed E-state index contributed by atoms with van der Waals surface area (Å²) < 4.78 is 0. The molecule has 2 aromatic rings. The molecule has 188 valence electrons. The normalized spacial score (nSPS) is 26.9. The Balaban J connectivity index is 1.26. The summed E-state index contributed by atoms with van der Waals surface area (Å²) in [6, 6.07) is 9.47. The highest BCUT2D eigenvalue weighted by molar-refractivity contribution is 6.32. The van der Waals surface area contributed by atoms with Crippen molar-refractivity contribution in [3.8, 4) is 0 Å². The summed E-state index contributed by atoms with van der Waals surface area (Å²) in [6.07, 6.45) is 0.302. The van der Waals surface area contributed by atoms with E-state index in [2.05, 4.69) is 0 Å². The molecule has 36 heavy (non-hydrogen) atoms. The van der Waals surface area contributed by atoms with Gasteiger partial charge < -0.3 is 9.80 Å². The number of hydrogen-bond donors (Lipinski definition) is 2. The third-order valence-electron chi connectivity index (χ3n) is 7.64. The van der Waals surface area contributed by atoms with Crippen LogP contribution in [0.1, 0.15) is 24.0 Å². The molecule has 3 aliphatic heterocycles. The van der Waals surface area contributed by atoms with E-state index in [1.165, 1.54) is 9.80 Å². The first-order chi connectivity index (χ1) is 17.2. The van der Waals surface area contributed by atoms with Gasteiger partial charge in [0, 0.05) is 10.0 Å². The van der Waals surface area contributed by atoms with Crippen LogP contribution in [-0.4, -0.2) is 61.9 Å². The van der Waals surface area contributed by atoms with Crippen LogP contribution in [0, 0.1) is 13.8 Å². The highest BCUT2D eigenvalue weighted by atomic mass is 35.5. The summed E-state index contributed by atoms with van der Waals surface area (Å²) in [6.45, 7) is 6.24. The van der Waals surface area contributed by atoms with Gasteiger partial charge >= 0.3 is 0 Å². The summed E-state index contributed by atoms with van der Waals surface area (Å²) in [5.41, 5.74) is 2.70. The monoisotopic (exact) mass is 530 g/mol. The smallest absolute Gasteiger partial charge is 0.292 e. The first-order valence-corrected chi connectivity index (χ1v) is 12.9. The van der Waals surface area contributed by atoms with Gasteiger partial charge in [-0.1, -0.05) is 35.3 Å². The van der Waals surface area contributed by atoms with Crippen molar-refractivity contribution in [3.63, 3.8) is 0 Å². The van der Waals surface area contributed by atoms with Gasteiger partial charge in [-0.25, -0.2) is 9.80 Å². The van der Waals surface area contributed by atoms with Gasteiger partial charge in [-0.2, -0.15) is 0 Å². The minimum atomic E-state index is -0.455. The van der Waals surface area contributed by atoms with Gasteiger partial charge in [0.2, 0.25) is 11.8 Å². The number of carbonyl (C=O) groups excluding carboxylic acids is 4. The Labute approximate surface area is 219 Å². The Kier molecular flexibility index (Phi) is 6.63. The first-order valence-electron chi connectivity index (χ1n) is 12.1. The fourth-order valence-corrected chi connectivity index (χ4v) is 5.98. The van der Waals surface area contributed by atoms with Crippen LogP contribution in [0.15, 0.2) is 36.4 Å². The average Bonchev–Trinajstić information content (AvgIpc) is 3.31. The molecule has 0 aliphatic carbocycles. The third kappa shape index (κ3) is 4.32. The van der Waals surface area contributed by atoms with Crippen LogP contribution < -0.4 is 19.6 Å². The predicted molar refractivity (Wildman–Crippen MR) is 136 cm³/mol. The van der Waals surface area contributed by atoms with Crippen molar-refractivity contribution in [2.45, 2.75) is 38.8 Å². The van der Waals surface area contributed by atoms with E-state index in [1.807, 2.05) is 13.8 Å². The minimum absolute atomic E-state index is 0.151. The van der Waals surface area contributed by atoms with Crippen molar-refractivity contribution in [2.24, 2.45) is 0 Å². The molecule has 0 unspecified atom stereocenters. The molecule has 3 aliphatic rings. The highest BCUT2D eigenvalue weighted by Gasteiger charge is 2.51. The molecule has 0 radical (unpaired) electrons. The average molecular weight is 531 g/mol. The lowest BCUT2D eigenvalue weighted by Gasteiger charge is -2.34. The summed E-state index contributed by atoms with van der Waals surface area (Å²) >= 11 is 12.2. The second-order valence-electron chi connectivity index (χ2n) is 9.83. The maximum absolute atomic E-state index is 13.3. The van der Waals surface area contributed by atoms with Crippen LogP contribution in [0.3, 0.4) is 0 Å². The number of imide groups is 2. The summed E-state index contributed by atoms with van der Waals surface area (Å²) in [5.74, 6) is -0.861. The van der Waals surface area contributed by atoms with E-state index < -0.39 is 12.1 Å². The number of nitrogens with zero attached hydrogens (tertiary/aromatic N) is 2. The first kappa shape index (κ1) is 24.9. The topological polar surface area (TPSA) is 83.6 Å². The molecule has 0 aromatic heterocycles. The van der Waals surface area contributed by atoms with Crippen LogP contribution in [0.2, 0.25) is 10.0 Å². The molecule has 2 aromatic carbocycles. The Morgan fingerprint density at radius 3 is 1.39 bits per heavy atom. The van der Waals surface area contributed by atoms with Crippen molar-refractivity contribution in [1.82, 2.24) is 0 Å². The van der Waals surface area contributed by atoms with Crippen molar-refractivity contribution >= 4 is 58.2 Å². The van der Waals surface area contributed by atoms with Crippen LogP contribution in [-0.2, 0) is 19.2 Å². The maximum Gasteiger partial charge on any atom is 0.292 e. The number of aryl methyl sites for hydroxylation is 2. The number of halogens is 2. The zero-order valence-electron chi connectivity index (χ0n) is 20.1. The molecule has 4 amide bonds. The van der Waals surface area contributed by atoms with E-state index in [1.54, 1.807) is 36.4 Å². The number of hydrogen-bond acceptors (Lipinski definition) is 4. The lowest BCUT2D eigenvalue weighted by atomic mass is 10.1. The minimum Gasteiger partial charge on any atom is -0.315 e. The molecular weight excluding hydrogens is 503 g/mol. The van der Waals surface area contributed by atoms with Crippen LogP contribution in [0.5, 0.6) is 0 Å². The van der Waals surface area contributed by atoms with Gasteiger partial charge in [-0.05, 0) is 49.2 Å². The lowest BCUT2D eigenvalue weighted by molar-refractivity contribution is -1.02. The van der Waals surface area contributed by atoms with E-state index in [0.29, 0.717) is 47.6 Å². The van der Waals surface area contributed by atoms with Gasteiger partial charge in [0.05, 0.1) is 24.2 Å². The second-order valence-corrected chi connectivity index (χ2v) is 10.7. The number of nitrogens with one attached hydrogen (secondary N) is 2. The zero-order valence-corrected chi connectivity index (χ0v) is 21.7. The van der Waals surface area contributed by atoms with E-state index in [4.69, 9.17) is 23.2 Å². The Morgan fingerprint density at radius 1 is 0.667 bits per heavy atom. The van der Waals surface area contributed by atoms with Crippen molar-refractivity contribution < 1.29 is 29.0 Å². The molecule has 0 spiro atoms. The van der Waals surface area contributed by atoms with Crippen LogP contribution >= 0.6 is 23.2 Å². The zero-order chi connectivity index (χ0) is 25.7. The molecule has 5 rings (SSSR count). The fourth-order valence-electron chi connectivity index (χ4n) is 5.64. The molecule has 8 nitrogen and oxygen atoms in total. The van der Waals surface area contributed by atoms with E-state index >= 15 is 0 Å². The molecule has 3 saturated heterocycles. The van der Waals surface area contributed by atoms with Crippen molar-refractivity contribution in [1.29, 1.82) is 0 Å². The molecule has 0 bridgehead atoms. The molecular formula is C26H28Cl2N4O4+2. The quantitative estimate of drug-likeness (QED) is 0.559. The summed E-state index contributed by atoms with van der Waals surface area (Å²) in [5, 5.41) is 0.948. The number of piperazine rings is 1. The molecule has 0 saturated carbocycles. The van der Waals surface area contributed by atoms with E-state index in [9.17, 15) is 19.2 Å². The standard InChI is InChI=1S/C26H26Cl2N4O4/c1-15-3-5-17(27)11-19(15)31-23(33)13-21(25(31)35)29-7-9-30(10-8-29)22-14-24(34)32(26(22)36)20-12-18(28)6-4-16(20)2/h3-6,11-12,21-22H,7-10,13-14H2,1-2H3/p+2/t21-,22+. The Hall–Kier alpha value is -2.78. The number of carbonyl (C=O) groups is 4. The van der Waals surface area contributed by atoms with Gasteiger partial charge in [0.1, 0.15) is 26.2 Å². The maximum atomic E-state index is 13.3. The van der Waals surface area contributed by atoms with E-state index in [0.717, 1.165) is 20.9 Å². The SMILES string of the molecule is Cc1ccc(Cl)cc1N1C(=O)C[C@@H]([NH+]2CC[NH+]([C@H]3CC(=O)N(c4cc(Cl)ccc4C)C3=O)CC2)C1=O. The largest absolute Gasteiger partial charge is 0.315 e. The fraction of sp³-hybridized carbons (Fsp3) is 0.385. The summed E-state index contributed by atoms with van der Waals surface area (Å²) in [7, 11) is 0. The number of rotatable bonds is 4. The number of amides is 4. The number of anilines is 2. The lowest BCUT2D eigenvalue weighted by Crippen LogP contribution is -3.31. The molecule has 3 heterocycles. The van der Waals surface area contributed by atoms with Gasteiger partial charge in [0.25, 0.3) is 11.8 Å². The molecule has 10 heteroatoms. The number of quaternary nitrogens is 2. The van der Waals surface area contributed by atoms with Crippen molar-refractivity contribution in [2.75, 3.05) is 36.0 Å².